The van der Waals surface area contributed by atoms with Crippen LogP contribution in [0.5, 0.6) is 0 Å². The van der Waals surface area contributed by atoms with E-state index in [1.807, 2.05) is 0 Å². The maximum absolute atomic E-state index is 11.3. The highest BCUT2D eigenvalue weighted by Gasteiger charge is 2.14. The molecule has 0 unspecified atom stereocenters. The smallest absolute Gasteiger partial charge is 0.348 e. The number of rotatable bonds is 4. The predicted molar refractivity (Wildman–Crippen MR) is 54.3 cm³/mol. The summed E-state index contributed by atoms with van der Waals surface area (Å²) in [7, 11) is -2.50. The van der Waals surface area contributed by atoms with Crippen molar-refractivity contribution in [2.45, 2.75) is 12.7 Å². The second-order valence-electron chi connectivity index (χ2n) is 2.49. The first-order chi connectivity index (χ1) is 6.65. The minimum absolute atomic E-state index is 0.104. The van der Waals surface area contributed by atoms with E-state index in [9.17, 15) is 13.2 Å². The first-order valence-corrected chi connectivity index (χ1v) is 6.24. The van der Waals surface area contributed by atoms with Crippen LogP contribution >= 0.6 is 11.3 Å². The summed E-state index contributed by atoms with van der Waals surface area (Å²) in [6, 6.07) is 1.63. The molecule has 0 aromatic carbocycles. The van der Waals surface area contributed by atoms with Gasteiger partial charge in [-0.15, -0.1) is 11.3 Å². The van der Waals surface area contributed by atoms with Gasteiger partial charge in [-0.3, -0.25) is 0 Å². The number of esters is 1. The standard InChI is InChI=1S/C8H10O4S2/c1-2-12-8(9)7-6(3-4-13-7)5-14(10)11/h3-4,14H,2,5H2,1H3. The van der Waals surface area contributed by atoms with E-state index in [1.165, 1.54) is 11.3 Å². The lowest BCUT2D eigenvalue weighted by atomic mass is 10.3. The number of carbonyl (C=O) groups excluding carboxylic acids is 1. The zero-order chi connectivity index (χ0) is 10.6. The van der Waals surface area contributed by atoms with Crippen molar-refractivity contribution in [3.8, 4) is 0 Å². The topological polar surface area (TPSA) is 60.4 Å². The lowest BCUT2D eigenvalue weighted by Gasteiger charge is -2.00. The Hall–Kier alpha value is -0.880. The molecule has 0 atom stereocenters. The first-order valence-electron chi connectivity index (χ1n) is 4.00. The van der Waals surface area contributed by atoms with E-state index < -0.39 is 16.7 Å². The van der Waals surface area contributed by atoms with Gasteiger partial charge in [-0.2, -0.15) is 0 Å². The molecule has 0 aliphatic carbocycles. The van der Waals surface area contributed by atoms with Crippen molar-refractivity contribution >= 4 is 28.0 Å². The normalized spacial score (nSPS) is 10.4. The number of carbonyl (C=O) groups is 1. The van der Waals surface area contributed by atoms with E-state index >= 15 is 0 Å². The molecule has 0 aliphatic rings. The van der Waals surface area contributed by atoms with Gasteiger partial charge >= 0.3 is 5.97 Å². The SMILES string of the molecule is CCOC(=O)c1sccc1C[SH](=O)=O. The quantitative estimate of drug-likeness (QED) is 0.624. The second kappa shape index (κ2) is 5.11. The van der Waals surface area contributed by atoms with E-state index in [-0.39, 0.29) is 5.75 Å². The Morgan fingerprint density at radius 3 is 2.86 bits per heavy atom. The minimum atomic E-state index is -2.50. The molecule has 6 heteroatoms. The van der Waals surface area contributed by atoms with Crippen LogP contribution in [0.25, 0.3) is 0 Å². The molecule has 0 saturated carbocycles. The Kier molecular flexibility index (Phi) is 4.09. The van der Waals surface area contributed by atoms with Crippen molar-refractivity contribution in [3.05, 3.63) is 21.9 Å². The van der Waals surface area contributed by atoms with E-state index in [0.717, 1.165) is 0 Å². The van der Waals surface area contributed by atoms with Crippen molar-refractivity contribution in [1.82, 2.24) is 0 Å². The van der Waals surface area contributed by atoms with Gasteiger partial charge in [-0.05, 0) is 23.9 Å². The van der Waals surface area contributed by atoms with Crippen molar-refractivity contribution in [3.63, 3.8) is 0 Å². The lowest BCUT2D eigenvalue weighted by molar-refractivity contribution is 0.0531. The second-order valence-corrected chi connectivity index (χ2v) is 4.38. The summed E-state index contributed by atoms with van der Waals surface area (Å²) in [5, 5.41) is 1.68. The summed E-state index contributed by atoms with van der Waals surface area (Å²) < 4.78 is 25.8. The molecule has 0 aliphatic heterocycles. The van der Waals surface area contributed by atoms with Gasteiger partial charge in [-0.25, -0.2) is 13.2 Å². The molecular weight excluding hydrogens is 224 g/mol. The first kappa shape index (κ1) is 11.2. The summed E-state index contributed by atoms with van der Waals surface area (Å²) in [5.74, 6) is -0.554. The molecule has 0 fully saturated rings. The molecule has 78 valence electrons. The zero-order valence-corrected chi connectivity index (χ0v) is 9.27. The summed E-state index contributed by atoms with van der Waals surface area (Å²) in [4.78, 5) is 11.7. The van der Waals surface area contributed by atoms with Crippen LogP contribution in [0, 0.1) is 0 Å². The van der Waals surface area contributed by atoms with Crippen LogP contribution in [-0.4, -0.2) is 21.0 Å². The molecule has 1 heterocycles. The van der Waals surface area contributed by atoms with Crippen LogP contribution in [-0.2, 0) is 21.2 Å². The van der Waals surface area contributed by atoms with Crippen LogP contribution in [0.1, 0.15) is 22.2 Å². The van der Waals surface area contributed by atoms with Gasteiger partial charge < -0.3 is 4.74 Å². The van der Waals surface area contributed by atoms with E-state index in [0.29, 0.717) is 17.0 Å². The molecule has 0 saturated heterocycles. The molecule has 0 spiro atoms. The third-order valence-corrected chi connectivity index (χ3v) is 3.04. The van der Waals surface area contributed by atoms with Crippen LogP contribution < -0.4 is 0 Å². The summed E-state index contributed by atoms with van der Waals surface area (Å²) in [6.45, 7) is 2.00. The molecular formula is C8H10O4S2. The summed E-state index contributed by atoms with van der Waals surface area (Å²) in [5.41, 5.74) is 0.518. The van der Waals surface area contributed by atoms with Crippen LogP contribution in [0.2, 0.25) is 0 Å². The summed E-state index contributed by atoms with van der Waals surface area (Å²) in [6.07, 6.45) is 0. The third-order valence-electron chi connectivity index (χ3n) is 1.51. The maximum atomic E-state index is 11.3. The number of thiophene rings is 1. The fourth-order valence-electron chi connectivity index (χ4n) is 0.975. The molecule has 0 bridgehead atoms. The minimum Gasteiger partial charge on any atom is -0.462 e. The molecule has 1 rings (SSSR count). The largest absolute Gasteiger partial charge is 0.462 e. The van der Waals surface area contributed by atoms with E-state index in [4.69, 9.17) is 4.74 Å². The molecule has 0 amide bonds. The van der Waals surface area contributed by atoms with Crippen molar-refractivity contribution in [2.24, 2.45) is 0 Å². The zero-order valence-electron chi connectivity index (χ0n) is 7.56. The Balaban J connectivity index is 2.86. The molecule has 1 aromatic rings. The number of hydrogen-bond donors (Lipinski definition) is 1. The molecule has 1 aromatic heterocycles. The highest BCUT2D eigenvalue weighted by atomic mass is 32.2. The van der Waals surface area contributed by atoms with Crippen LogP contribution in [0.15, 0.2) is 11.4 Å². The highest BCUT2D eigenvalue weighted by molar-refractivity contribution is 7.71. The number of ether oxygens (including phenoxy) is 1. The Morgan fingerprint density at radius 1 is 1.57 bits per heavy atom. The molecule has 0 radical (unpaired) electrons. The Labute approximate surface area is 87.5 Å². The number of hydrogen-bond acceptors (Lipinski definition) is 5. The highest BCUT2D eigenvalue weighted by Crippen LogP contribution is 2.18. The van der Waals surface area contributed by atoms with E-state index in [1.54, 1.807) is 18.4 Å². The van der Waals surface area contributed by atoms with Crippen molar-refractivity contribution < 1.29 is 17.9 Å². The van der Waals surface area contributed by atoms with Crippen molar-refractivity contribution in [1.29, 1.82) is 0 Å². The number of thiol groups is 1. The van der Waals surface area contributed by atoms with Gasteiger partial charge in [0.05, 0.1) is 12.4 Å². The third kappa shape index (κ3) is 2.81. The van der Waals surface area contributed by atoms with Gasteiger partial charge in [0.25, 0.3) is 0 Å². The van der Waals surface area contributed by atoms with E-state index in [2.05, 4.69) is 0 Å². The monoisotopic (exact) mass is 234 g/mol. The molecule has 0 N–H and O–H groups in total. The fourth-order valence-corrected chi connectivity index (χ4v) is 2.44. The lowest BCUT2D eigenvalue weighted by Crippen LogP contribution is -2.05. The van der Waals surface area contributed by atoms with Gasteiger partial charge in [0.2, 0.25) is 0 Å². The predicted octanol–water partition coefficient (Wildman–Crippen LogP) is 1.04. The fraction of sp³-hybridized carbons (Fsp3) is 0.375. The van der Waals surface area contributed by atoms with Gasteiger partial charge in [-0.1, -0.05) is 0 Å². The molecule has 4 nitrogen and oxygen atoms in total. The Morgan fingerprint density at radius 2 is 2.29 bits per heavy atom. The van der Waals surface area contributed by atoms with Gasteiger partial charge in [0.1, 0.15) is 15.6 Å². The molecule has 14 heavy (non-hydrogen) atoms. The maximum Gasteiger partial charge on any atom is 0.348 e. The summed E-state index contributed by atoms with van der Waals surface area (Å²) >= 11 is 1.20. The average molecular weight is 234 g/mol. The average Bonchev–Trinajstić information content (AvgIpc) is 2.51. The van der Waals surface area contributed by atoms with Crippen LogP contribution in [0.3, 0.4) is 0 Å². The van der Waals surface area contributed by atoms with Gasteiger partial charge in [0, 0.05) is 0 Å². The van der Waals surface area contributed by atoms with Crippen LogP contribution in [0.4, 0.5) is 0 Å². The van der Waals surface area contributed by atoms with Crippen molar-refractivity contribution in [2.75, 3.05) is 6.61 Å². The van der Waals surface area contributed by atoms with Gasteiger partial charge in [0.15, 0.2) is 0 Å². The Bertz CT molecular complexity index is 384.